The maximum absolute atomic E-state index is 5.92. The van der Waals surface area contributed by atoms with Crippen LogP contribution in [0.5, 0.6) is 5.75 Å². The monoisotopic (exact) mass is 346 g/mol. The number of aryl methyl sites for hydroxylation is 2. The number of aromatic nitrogens is 1. The van der Waals surface area contributed by atoms with E-state index in [1.165, 1.54) is 10.4 Å². The van der Waals surface area contributed by atoms with E-state index in [1.807, 2.05) is 27.0 Å². The molecule has 2 aromatic rings. The quantitative estimate of drug-likeness (QED) is 0.622. The number of rotatable bonds is 6. The number of thiazole rings is 1. The maximum Gasteiger partial charge on any atom is 0.191 e. The molecule has 0 aliphatic carbocycles. The molecule has 0 aliphatic heterocycles. The van der Waals surface area contributed by atoms with Crippen molar-refractivity contribution in [3.63, 3.8) is 0 Å². The van der Waals surface area contributed by atoms with Gasteiger partial charge < -0.3 is 15.4 Å². The Bertz CT molecular complexity index is 694. The molecule has 0 aliphatic rings. The third-order valence-electron chi connectivity index (χ3n) is 3.35. The Hall–Kier alpha value is -2.08. The van der Waals surface area contributed by atoms with Crippen molar-refractivity contribution in [3.8, 4) is 5.75 Å². The van der Waals surface area contributed by atoms with Gasteiger partial charge in [-0.3, -0.25) is 4.99 Å². The predicted octanol–water partition coefficient (Wildman–Crippen LogP) is 3.41. The largest absolute Gasteiger partial charge is 0.491 e. The highest BCUT2D eigenvalue weighted by Gasteiger charge is 2.08. The third kappa shape index (κ3) is 5.53. The predicted molar refractivity (Wildman–Crippen MR) is 101 cm³/mol. The zero-order valence-corrected chi connectivity index (χ0v) is 15.8. The summed E-state index contributed by atoms with van der Waals surface area (Å²) in [7, 11) is 1.77. The molecule has 0 unspecified atom stereocenters. The van der Waals surface area contributed by atoms with Crippen LogP contribution in [-0.2, 0) is 13.1 Å². The fourth-order valence-electron chi connectivity index (χ4n) is 2.23. The van der Waals surface area contributed by atoms with E-state index in [2.05, 4.69) is 45.7 Å². The van der Waals surface area contributed by atoms with E-state index in [0.717, 1.165) is 22.3 Å². The van der Waals surface area contributed by atoms with Gasteiger partial charge in [0.1, 0.15) is 5.75 Å². The van der Waals surface area contributed by atoms with Crippen molar-refractivity contribution in [2.24, 2.45) is 4.99 Å². The van der Waals surface area contributed by atoms with E-state index >= 15 is 0 Å². The molecular formula is C18H26N4OS. The van der Waals surface area contributed by atoms with Crippen molar-refractivity contribution in [1.29, 1.82) is 0 Å². The lowest BCUT2D eigenvalue weighted by molar-refractivity contribution is 0.239. The maximum atomic E-state index is 5.92. The Morgan fingerprint density at radius 1 is 1.25 bits per heavy atom. The van der Waals surface area contributed by atoms with Crippen molar-refractivity contribution < 1.29 is 4.74 Å². The molecular weight excluding hydrogens is 320 g/mol. The lowest BCUT2D eigenvalue weighted by Gasteiger charge is -2.17. The van der Waals surface area contributed by atoms with E-state index in [-0.39, 0.29) is 6.10 Å². The first-order valence-electron chi connectivity index (χ1n) is 8.10. The Morgan fingerprint density at radius 3 is 2.62 bits per heavy atom. The van der Waals surface area contributed by atoms with Gasteiger partial charge in [0.25, 0.3) is 0 Å². The average Bonchev–Trinajstić information content (AvgIpc) is 2.94. The van der Waals surface area contributed by atoms with E-state index in [1.54, 1.807) is 18.4 Å². The summed E-state index contributed by atoms with van der Waals surface area (Å²) >= 11 is 1.69. The Balaban J connectivity index is 1.95. The van der Waals surface area contributed by atoms with Crippen molar-refractivity contribution in [2.45, 2.75) is 46.9 Å². The Labute approximate surface area is 148 Å². The molecule has 6 heteroatoms. The molecule has 1 aromatic heterocycles. The second-order valence-corrected chi connectivity index (χ2v) is 7.22. The first kappa shape index (κ1) is 18.3. The number of benzene rings is 1. The molecule has 1 aromatic carbocycles. The number of hydrogen-bond donors (Lipinski definition) is 2. The number of nitrogens with one attached hydrogen (secondary N) is 2. The minimum Gasteiger partial charge on any atom is -0.491 e. The van der Waals surface area contributed by atoms with Gasteiger partial charge >= 0.3 is 0 Å². The van der Waals surface area contributed by atoms with Gasteiger partial charge in [-0.05, 0) is 39.3 Å². The second kappa shape index (κ2) is 8.68. The van der Waals surface area contributed by atoms with Gasteiger partial charge in [-0.1, -0.05) is 12.1 Å². The normalized spacial score (nSPS) is 11.7. The molecule has 0 atom stereocenters. The van der Waals surface area contributed by atoms with E-state index in [4.69, 9.17) is 4.74 Å². The molecule has 0 fully saturated rings. The summed E-state index contributed by atoms with van der Waals surface area (Å²) in [6.07, 6.45) is 2.05. The molecule has 130 valence electrons. The summed E-state index contributed by atoms with van der Waals surface area (Å²) in [6, 6.07) is 6.27. The molecule has 1 heterocycles. The molecule has 0 radical (unpaired) electrons. The van der Waals surface area contributed by atoms with Crippen LogP contribution in [0.3, 0.4) is 0 Å². The summed E-state index contributed by atoms with van der Waals surface area (Å²) in [6.45, 7) is 9.53. The van der Waals surface area contributed by atoms with Crippen LogP contribution in [0.1, 0.15) is 34.9 Å². The first-order chi connectivity index (χ1) is 11.5. The van der Waals surface area contributed by atoms with Gasteiger partial charge in [0, 0.05) is 30.2 Å². The van der Waals surface area contributed by atoms with Gasteiger partial charge in [-0.2, -0.15) is 0 Å². The van der Waals surface area contributed by atoms with Gasteiger partial charge in [-0.15, -0.1) is 11.3 Å². The van der Waals surface area contributed by atoms with Crippen LogP contribution in [0, 0.1) is 13.8 Å². The minimum absolute atomic E-state index is 0.151. The van der Waals surface area contributed by atoms with Crippen LogP contribution in [0.4, 0.5) is 0 Å². The topological polar surface area (TPSA) is 58.5 Å². The van der Waals surface area contributed by atoms with Crippen molar-refractivity contribution >= 4 is 17.3 Å². The highest BCUT2D eigenvalue weighted by Crippen LogP contribution is 2.21. The Morgan fingerprint density at radius 2 is 2.00 bits per heavy atom. The van der Waals surface area contributed by atoms with Crippen molar-refractivity contribution in [1.82, 2.24) is 15.6 Å². The molecule has 2 N–H and O–H groups in total. The van der Waals surface area contributed by atoms with Gasteiger partial charge in [0.2, 0.25) is 0 Å². The highest BCUT2D eigenvalue weighted by atomic mass is 32.1. The van der Waals surface area contributed by atoms with Crippen molar-refractivity contribution in [3.05, 3.63) is 45.4 Å². The van der Waals surface area contributed by atoms with Crippen LogP contribution in [-0.4, -0.2) is 24.1 Å². The average molecular weight is 347 g/mol. The summed E-state index contributed by atoms with van der Waals surface area (Å²) < 4.78 is 5.92. The Kier molecular flexibility index (Phi) is 6.61. The number of hydrogen-bond acceptors (Lipinski definition) is 4. The number of nitrogens with zero attached hydrogens (tertiary/aromatic N) is 2. The van der Waals surface area contributed by atoms with Crippen LogP contribution >= 0.6 is 11.3 Å². The molecule has 0 spiro atoms. The SMILES string of the molecule is CN=C(NCc1cnc(C)s1)NCc1ccc(C)cc1OC(C)C. The molecule has 0 bridgehead atoms. The van der Waals surface area contributed by atoms with Gasteiger partial charge in [-0.25, -0.2) is 4.98 Å². The summed E-state index contributed by atoms with van der Waals surface area (Å²) in [4.78, 5) is 9.72. The van der Waals surface area contributed by atoms with Crippen LogP contribution in [0.2, 0.25) is 0 Å². The lowest BCUT2D eigenvalue weighted by atomic mass is 10.1. The third-order valence-corrected chi connectivity index (χ3v) is 4.27. The highest BCUT2D eigenvalue weighted by molar-refractivity contribution is 7.11. The smallest absolute Gasteiger partial charge is 0.191 e. The summed E-state index contributed by atoms with van der Waals surface area (Å²) in [5, 5.41) is 7.72. The number of guanidine groups is 1. The fourth-order valence-corrected chi connectivity index (χ4v) is 2.96. The molecule has 2 rings (SSSR count). The lowest BCUT2D eigenvalue weighted by Crippen LogP contribution is -2.36. The minimum atomic E-state index is 0.151. The van der Waals surface area contributed by atoms with Gasteiger partial charge in [0.15, 0.2) is 5.96 Å². The summed E-state index contributed by atoms with van der Waals surface area (Å²) in [5.74, 6) is 1.68. The molecule has 0 saturated heterocycles. The fraction of sp³-hybridized carbons (Fsp3) is 0.444. The number of aliphatic imine (C=N–C) groups is 1. The standard InChI is InChI=1S/C18H26N4OS/c1-12(2)23-17-8-13(3)6-7-15(17)9-21-18(19-5)22-11-16-10-20-14(4)24-16/h6-8,10,12H,9,11H2,1-5H3,(H2,19,21,22). The van der Waals surface area contributed by atoms with E-state index in [0.29, 0.717) is 13.1 Å². The first-order valence-corrected chi connectivity index (χ1v) is 8.91. The zero-order valence-electron chi connectivity index (χ0n) is 15.0. The van der Waals surface area contributed by atoms with E-state index in [9.17, 15) is 0 Å². The van der Waals surface area contributed by atoms with Crippen LogP contribution < -0.4 is 15.4 Å². The zero-order chi connectivity index (χ0) is 17.5. The molecule has 0 amide bonds. The van der Waals surface area contributed by atoms with Gasteiger partial charge in [0.05, 0.1) is 17.7 Å². The van der Waals surface area contributed by atoms with Crippen LogP contribution in [0.15, 0.2) is 29.4 Å². The molecule has 0 saturated carbocycles. The number of ether oxygens (including phenoxy) is 1. The van der Waals surface area contributed by atoms with Crippen LogP contribution in [0.25, 0.3) is 0 Å². The summed E-state index contributed by atoms with van der Waals surface area (Å²) in [5.41, 5.74) is 2.31. The second-order valence-electron chi connectivity index (χ2n) is 5.90. The van der Waals surface area contributed by atoms with Crippen molar-refractivity contribution in [2.75, 3.05) is 7.05 Å². The molecule has 5 nitrogen and oxygen atoms in total. The van der Waals surface area contributed by atoms with E-state index < -0.39 is 0 Å². The molecule has 24 heavy (non-hydrogen) atoms.